The van der Waals surface area contributed by atoms with Gasteiger partial charge in [-0.2, -0.15) is 0 Å². The molecule has 1 aliphatic heterocycles. The molecule has 0 aliphatic carbocycles. The van der Waals surface area contributed by atoms with Gasteiger partial charge in [-0.3, -0.25) is 9.59 Å². The largest absolute Gasteiger partial charge is 0.504 e. The Morgan fingerprint density at radius 1 is 1.14 bits per heavy atom. The van der Waals surface area contributed by atoms with Crippen LogP contribution in [0.4, 0.5) is 0 Å². The van der Waals surface area contributed by atoms with Gasteiger partial charge in [-0.25, -0.2) is 0 Å². The van der Waals surface area contributed by atoms with E-state index >= 15 is 0 Å². The van der Waals surface area contributed by atoms with Gasteiger partial charge in [0.05, 0.1) is 25.3 Å². The lowest BCUT2D eigenvalue weighted by Gasteiger charge is -2.27. The fraction of sp³-hybridized carbons (Fsp3) is 0.333. The minimum absolute atomic E-state index is 0.0206. The van der Waals surface area contributed by atoms with Crippen molar-refractivity contribution >= 4 is 22.7 Å². The number of benzene rings is 2. The molecule has 0 fully saturated rings. The maximum absolute atomic E-state index is 13.7. The van der Waals surface area contributed by atoms with Gasteiger partial charge in [-0.15, -0.1) is 0 Å². The van der Waals surface area contributed by atoms with Gasteiger partial charge in [-0.1, -0.05) is 18.2 Å². The maximum atomic E-state index is 13.7. The van der Waals surface area contributed by atoms with Crippen molar-refractivity contribution in [2.24, 2.45) is 0 Å². The van der Waals surface area contributed by atoms with E-state index in [-0.39, 0.29) is 22.8 Å². The number of aliphatic hydroxyl groups excluding tert-OH is 1. The van der Waals surface area contributed by atoms with E-state index in [4.69, 9.17) is 13.9 Å². The molecule has 0 saturated carbocycles. The number of para-hydroxylation sites is 1. The van der Waals surface area contributed by atoms with Crippen LogP contribution < -0.4 is 9.47 Å². The van der Waals surface area contributed by atoms with Crippen molar-refractivity contribution in [3.05, 3.63) is 65.1 Å². The van der Waals surface area contributed by atoms with E-state index in [2.05, 4.69) is 0 Å². The molecule has 1 unspecified atom stereocenters. The standard InChI is InChI=1S/C27H30N2O7/c1-5-35-20-14-16(10-11-18(20)30)23-22(25(32)27(33)29(23)13-7-12-28(2)3)24(31)21-15-17-8-6-9-19(34-4)26(17)36-21/h6,8-11,14-15,23,30,32H,5,7,12-13H2,1-4H3. The fourth-order valence-corrected chi connectivity index (χ4v) is 4.43. The number of rotatable bonds is 10. The topological polar surface area (TPSA) is 113 Å². The number of Topliss-reactive ketones (excluding diaryl/α,β-unsaturated/α-hetero) is 1. The minimum atomic E-state index is -0.887. The van der Waals surface area contributed by atoms with Gasteiger partial charge in [0, 0.05) is 11.9 Å². The zero-order chi connectivity index (χ0) is 26.0. The number of phenolic OH excluding ortho intramolecular Hbond substituents is 1. The van der Waals surface area contributed by atoms with Crippen LogP contribution in [0, 0.1) is 0 Å². The van der Waals surface area contributed by atoms with Gasteiger partial charge in [0.2, 0.25) is 5.78 Å². The summed E-state index contributed by atoms with van der Waals surface area (Å²) in [5.41, 5.74) is 0.835. The molecule has 4 rings (SSSR count). The van der Waals surface area contributed by atoms with E-state index in [9.17, 15) is 19.8 Å². The van der Waals surface area contributed by atoms with Crippen LogP contribution in [-0.4, -0.2) is 72.6 Å². The molecule has 190 valence electrons. The number of amides is 1. The molecule has 9 nitrogen and oxygen atoms in total. The summed E-state index contributed by atoms with van der Waals surface area (Å²) in [6.07, 6.45) is 0.627. The van der Waals surface area contributed by atoms with Crippen molar-refractivity contribution in [2.75, 3.05) is 40.9 Å². The van der Waals surface area contributed by atoms with E-state index in [1.807, 2.05) is 19.0 Å². The monoisotopic (exact) mass is 494 g/mol. The number of methoxy groups -OCH3 is 1. The number of ketones is 1. The third-order valence-electron chi connectivity index (χ3n) is 6.10. The zero-order valence-corrected chi connectivity index (χ0v) is 20.8. The molecular formula is C27H30N2O7. The van der Waals surface area contributed by atoms with Crippen molar-refractivity contribution < 1.29 is 33.7 Å². The number of aromatic hydroxyl groups is 1. The third kappa shape index (κ3) is 4.61. The zero-order valence-electron chi connectivity index (χ0n) is 20.8. The molecule has 0 spiro atoms. The van der Waals surface area contributed by atoms with E-state index in [1.165, 1.54) is 18.1 Å². The molecule has 0 bridgehead atoms. The highest BCUT2D eigenvalue weighted by Crippen LogP contribution is 2.42. The number of phenols is 1. The molecule has 1 atom stereocenters. The number of nitrogens with zero attached hydrogens (tertiary/aromatic N) is 2. The molecule has 1 aromatic heterocycles. The number of ether oxygens (including phenoxy) is 2. The van der Waals surface area contributed by atoms with Crippen molar-refractivity contribution in [3.8, 4) is 17.2 Å². The number of hydrogen-bond donors (Lipinski definition) is 2. The Kier molecular flexibility index (Phi) is 7.21. The van der Waals surface area contributed by atoms with Crippen LogP contribution in [0.5, 0.6) is 17.2 Å². The molecule has 9 heteroatoms. The molecular weight excluding hydrogens is 464 g/mol. The Morgan fingerprint density at radius 2 is 1.92 bits per heavy atom. The second-order valence-electron chi connectivity index (χ2n) is 8.80. The van der Waals surface area contributed by atoms with Crippen LogP contribution in [0.15, 0.2) is 58.2 Å². The van der Waals surface area contributed by atoms with Crippen LogP contribution in [0.3, 0.4) is 0 Å². The molecule has 2 N–H and O–H groups in total. The van der Waals surface area contributed by atoms with Crippen molar-refractivity contribution in [2.45, 2.75) is 19.4 Å². The highest BCUT2D eigenvalue weighted by atomic mass is 16.5. The lowest BCUT2D eigenvalue weighted by Crippen LogP contribution is -2.33. The normalized spacial score (nSPS) is 15.9. The van der Waals surface area contributed by atoms with E-state index < -0.39 is 23.5 Å². The first-order valence-electron chi connectivity index (χ1n) is 11.7. The van der Waals surface area contributed by atoms with Crippen molar-refractivity contribution in [1.82, 2.24) is 9.80 Å². The predicted molar refractivity (Wildman–Crippen MR) is 134 cm³/mol. The lowest BCUT2D eigenvalue weighted by molar-refractivity contribution is -0.129. The first-order chi connectivity index (χ1) is 17.3. The van der Waals surface area contributed by atoms with Gasteiger partial charge >= 0.3 is 0 Å². The third-order valence-corrected chi connectivity index (χ3v) is 6.10. The Hall–Kier alpha value is -3.98. The number of hydrogen-bond acceptors (Lipinski definition) is 8. The predicted octanol–water partition coefficient (Wildman–Crippen LogP) is 4.08. The quantitative estimate of drug-likeness (QED) is 0.406. The summed E-state index contributed by atoms with van der Waals surface area (Å²) in [6, 6.07) is 10.6. The van der Waals surface area contributed by atoms with Crippen molar-refractivity contribution in [3.63, 3.8) is 0 Å². The average molecular weight is 495 g/mol. The maximum Gasteiger partial charge on any atom is 0.290 e. The summed E-state index contributed by atoms with van der Waals surface area (Å²) in [5.74, 6) is -1.25. The fourth-order valence-electron chi connectivity index (χ4n) is 4.43. The summed E-state index contributed by atoms with van der Waals surface area (Å²) in [7, 11) is 5.36. The Bertz CT molecular complexity index is 1320. The van der Waals surface area contributed by atoms with Gasteiger partial charge in [0.1, 0.15) is 0 Å². The number of carbonyl (C=O) groups is 2. The second-order valence-corrected chi connectivity index (χ2v) is 8.80. The summed E-state index contributed by atoms with van der Waals surface area (Å²) < 4.78 is 16.7. The number of fused-ring (bicyclic) bond motifs is 1. The average Bonchev–Trinajstić information content (AvgIpc) is 3.40. The number of carbonyl (C=O) groups excluding carboxylic acids is 2. The molecule has 0 saturated heterocycles. The van der Waals surface area contributed by atoms with Gasteiger partial charge in [0.25, 0.3) is 5.91 Å². The summed E-state index contributed by atoms with van der Waals surface area (Å²) in [5, 5.41) is 21.8. The molecule has 0 radical (unpaired) electrons. The summed E-state index contributed by atoms with van der Waals surface area (Å²) in [4.78, 5) is 30.4. The highest BCUT2D eigenvalue weighted by Gasteiger charge is 2.44. The molecule has 1 amide bonds. The van der Waals surface area contributed by atoms with Gasteiger partial charge in [0.15, 0.2) is 34.4 Å². The first-order valence-corrected chi connectivity index (χ1v) is 11.7. The smallest absolute Gasteiger partial charge is 0.290 e. The Balaban J connectivity index is 1.79. The van der Waals surface area contributed by atoms with Crippen LogP contribution in [0.2, 0.25) is 0 Å². The molecule has 1 aliphatic rings. The van der Waals surface area contributed by atoms with Crippen LogP contribution in [-0.2, 0) is 4.79 Å². The minimum Gasteiger partial charge on any atom is -0.504 e. The van der Waals surface area contributed by atoms with Crippen molar-refractivity contribution in [1.29, 1.82) is 0 Å². The first kappa shape index (κ1) is 25.1. The van der Waals surface area contributed by atoms with E-state index in [1.54, 1.807) is 43.3 Å². The second kappa shape index (κ2) is 10.3. The Labute approximate surface area is 209 Å². The lowest BCUT2D eigenvalue weighted by atomic mass is 9.94. The SMILES string of the molecule is CCOc1cc(C2C(C(=O)c3cc4cccc(OC)c4o3)=C(O)C(=O)N2CCCN(C)C)ccc1O. The van der Waals surface area contributed by atoms with Crippen LogP contribution in [0.25, 0.3) is 11.0 Å². The molecule has 36 heavy (non-hydrogen) atoms. The van der Waals surface area contributed by atoms with Crippen LogP contribution >= 0.6 is 0 Å². The highest BCUT2D eigenvalue weighted by molar-refractivity contribution is 6.16. The van der Waals surface area contributed by atoms with Gasteiger partial charge in [-0.05, 0) is 63.8 Å². The van der Waals surface area contributed by atoms with Crippen LogP contribution in [0.1, 0.15) is 35.5 Å². The molecule has 2 aromatic carbocycles. The molecule has 2 heterocycles. The number of furan rings is 1. The van der Waals surface area contributed by atoms with Gasteiger partial charge < -0.3 is 33.9 Å². The summed E-state index contributed by atoms with van der Waals surface area (Å²) >= 11 is 0. The summed E-state index contributed by atoms with van der Waals surface area (Å²) in [6.45, 7) is 3.13. The molecule has 3 aromatic rings. The van der Waals surface area contributed by atoms with E-state index in [0.717, 1.165) is 0 Å². The van der Waals surface area contributed by atoms with E-state index in [0.29, 0.717) is 48.4 Å². The number of aliphatic hydroxyl groups is 1. The Morgan fingerprint density at radius 3 is 2.61 bits per heavy atom.